The molecule has 3 aromatic heterocycles. The fourth-order valence-electron chi connectivity index (χ4n) is 1.83. The van der Waals surface area contributed by atoms with Crippen LogP contribution in [0.2, 0.25) is 0 Å². The van der Waals surface area contributed by atoms with E-state index in [2.05, 4.69) is 10.3 Å². The van der Waals surface area contributed by atoms with E-state index in [0.29, 0.717) is 16.3 Å². The number of hydrogen-bond donors (Lipinski definition) is 2. The molecule has 3 aromatic rings. The Morgan fingerprint density at radius 3 is 2.76 bits per heavy atom. The number of fused-ring (bicyclic) bond motifs is 1. The highest BCUT2D eigenvalue weighted by molar-refractivity contribution is 7.27. The van der Waals surface area contributed by atoms with E-state index in [0.717, 1.165) is 9.40 Å². The molecule has 0 fully saturated rings. The average molecular weight is 318 g/mol. The molecule has 106 valence electrons. The molecule has 0 bridgehead atoms. The van der Waals surface area contributed by atoms with Crippen molar-refractivity contribution in [3.05, 3.63) is 46.4 Å². The molecule has 0 unspecified atom stereocenters. The maximum absolute atomic E-state index is 12.1. The van der Waals surface area contributed by atoms with Crippen molar-refractivity contribution in [3.63, 3.8) is 0 Å². The molecule has 0 spiro atoms. The normalized spacial score (nSPS) is 10.7. The lowest BCUT2D eigenvalue weighted by Crippen LogP contribution is -2.10. The molecule has 7 heteroatoms. The minimum Gasteiger partial charge on any atom is -0.481 e. The molecular weight excluding hydrogens is 308 g/mol. The summed E-state index contributed by atoms with van der Waals surface area (Å²) in [5.74, 6) is -1.12. The van der Waals surface area contributed by atoms with Gasteiger partial charge in [-0.05, 0) is 29.6 Å². The largest absolute Gasteiger partial charge is 0.481 e. The molecule has 3 heterocycles. The highest BCUT2D eigenvalue weighted by atomic mass is 32.1. The van der Waals surface area contributed by atoms with Gasteiger partial charge in [0, 0.05) is 9.40 Å². The summed E-state index contributed by atoms with van der Waals surface area (Å²) in [5.41, 5.74) is 1.00. The Morgan fingerprint density at radius 1 is 1.24 bits per heavy atom. The number of nitrogens with zero attached hydrogens (tertiary/aromatic N) is 1. The standard InChI is InChI=1S/C14H10N2O3S2/c17-13(18)5-8-1-2-9(7-15-8)16-14(19)12-6-11-10(21-12)3-4-20-11/h1-4,6-7H,5H2,(H,16,19)(H,17,18). The number of aliphatic carboxylic acids is 1. The number of carboxylic acid groups (broad SMARTS) is 1. The Kier molecular flexibility index (Phi) is 3.68. The molecule has 3 rings (SSSR count). The zero-order valence-corrected chi connectivity index (χ0v) is 12.3. The molecule has 1 amide bonds. The van der Waals surface area contributed by atoms with Gasteiger partial charge in [-0.3, -0.25) is 14.6 Å². The van der Waals surface area contributed by atoms with Crippen LogP contribution in [0.5, 0.6) is 0 Å². The molecule has 0 aromatic carbocycles. The Hall–Kier alpha value is -2.25. The molecule has 21 heavy (non-hydrogen) atoms. The summed E-state index contributed by atoms with van der Waals surface area (Å²) < 4.78 is 2.19. The number of carbonyl (C=O) groups is 2. The van der Waals surface area contributed by atoms with Crippen molar-refractivity contribution in [1.82, 2.24) is 4.98 Å². The fourth-order valence-corrected chi connectivity index (χ4v) is 3.83. The number of carbonyl (C=O) groups excluding carboxylic acids is 1. The average Bonchev–Trinajstić information content (AvgIpc) is 3.01. The lowest BCUT2D eigenvalue weighted by molar-refractivity contribution is -0.136. The van der Waals surface area contributed by atoms with Crippen LogP contribution in [0.15, 0.2) is 35.8 Å². The molecule has 2 N–H and O–H groups in total. The van der Waals surface area contributed by atoms with Gasteiger partial charge in [0.2, 0.25) is 0 Å². The van der Waals surface area contributed by atoms with Gasteiger partial charge in [-0.2, -0.15) is 0 Å². The predicted octanol–water partition coefficient (Wildman–Crippen LogP) is 3.24. The van der Waals surface area contributed by atoms with Crippen molar-refractivity contribution in [1.29, 1.82) is 0 Å². The van der Waals surface area contributed by atoms with Gasteiger partial charge in [-0.15, -0.1) is 22.7 Å². The fraction of sp³-hybridized carbons (Fsp3) is 0.0714. The summed E-state index contributed by atoms with van der Waals surface area (Å²) in [6, 6.07) is 7.10. The molecule has 0 saturated carbocycles. The third-order valence-corrected chi connectivity index (χ3v) is 4.87. The smallest absolute Gasteiger partial charge is 0.309 e. The molecule has 5 nitrogen and oxygen atoms in total. The van der Waals surface area contributed by atoms with E-state index in [9.17, 15) is 9.59 Å². The van der Waals surface area contributed by atoms with E-state index < -0.39 is 5.97 Å². The van der Waals surface area contributed by atoms with Crippen LogP contribution in [0.3, 0.4) is 0 Å². The number of pyridine rings is 1. The van der Waals surface area contributed by atoms with E-state index >= 15 is 0 Å². The second-order valence-electron chi connectivity index (χ2n) is 4.32. The van der Waals surface area contributed by atoms with Gasteiger partial charge < -0.3 is 10.4 Å². The third kappa shape index (κ3) is 3.09. The second-order valence-corrected chi connectivity index (χ2v) is 6.35. The second kappa shape index (κ2) is 5.63. The topological polar surface area (TPSA) is 79.3 Å². The van der Waals surface area contributed by atoms with Crippen molar-refractivity contribution in [2.75, 3.05) is 5.32 Å². The quantitative estimate of drug-likeness (QED) is 0.774. The van der Waals surface area contributed by atoms with Gasteiger partial charge in [0.05, 0.1) is 28.9 Å². The maximum Gasteiger partial charge on any atom is 0.309 e. The summed E-state index contributed by atoms with van der Waals surface area (Å²) in [7, 11) is 0. The number of aromatic nitrogens is 1. The third-order valence-electron chi connectivity index (χ3n) is 2.78. The Labute approximate surface area is 127 Å². The molecule has 0 aliphatic rings. The number of hydrogen-bond acceptors (Lipinski definition) is 5. The van der Waals surface area contributed by atoms with E-state index in [1.807, 2.05) is 17.5 Å². The molecule has 0 aliphatic carbocycles. The Morgan fingerprint density at radius 2 is 2.10 bits per heavy atom. The van der Waals surface area contributed by atoms with Crippen molar-refractivity contribution >= 4 is 49.6 Å². The van der Waals surface area contributed by atoms with Crippen LogP contribution >= 0.6 is 22.7 Å². The zero-order valence-electron chi connectivity index (χ0n) is 10.7. The number of thiophene rings is 2. The minimum atomic E-state index is -0.932. The number of rotatable bonds is 4. The van der Waals surface area contributed by atoms with E-state index in [4.69, 9.17) is 5.11 Å². The van der Waals surface area contributed by atoms with Gasteiger partial charge in [-0.1, -0.05) is 0 Å². The van der Waals surface area contributed by atoms with Crippen molar-refractivity contribution in [3.8, 4) is 0 Å². The monoisotopic (exact) mass is 318 g/mol. The first-order valence-electron chi connectivity index (χ1n) is 6.07. The molecular formula is C14H10N2O3S2. The summed E-state index contributed by atoms with van der Waals surface area (Å²) in [4.78, 5) is 27.3. The summed E-state index contributed by atoms with van der Waals surface area (Å²) >= 11 is 3.05. The zero-order chi connectivity index (χ0) is 14.8. The number of carboxylic acids is 1. The summed E-state index contributed by atoms with van der Waals surface area (Å²) in [5, 5.41) is 13.4. The first-order valence-corrected chi connectivity index (χ1v) is 7.76. The van der Waals surface area contributed by atoms with E-state index in [-0.39, 0.29) is 12.3 Å². The highest BCUT2D eigenvalue weighted by Gasteiger charge is 2.11. The van der Waals surface area contributed by atoms with Crippen molar-refractivity contribution in [2.45, 2.75) is 6.42 Å². The molecule has 0 aliphatic heterocycles. The Bertz CT molecular complexity index is 777. The van der Waals surface area contributed by atoms with Crippen LogP contribution in [0.25, 0.3) is 9.40 Å². The SMILES string of the molecule is O=C(O)Cc1ccc(NC(=O)c2cc3sccc3s2)cn1. The minimum absolute atomic E-state index is 0.130. The van der Waals surface area contributed by atoms with Crippen LogP contribution in [0.4, 0.5) is 5.69 Å². The molecule has 0 atom stereocenters. The lowest BCUT2D eigenvalue weighted by atomic mass is 10.2. The van der Waals surface area contributed by atoms with E-state index in [1.165, 1.54) is 17.5 Å². The van der Waals surface area contributed by atoms with Crippen LogP contribution in [-0.2, 0) is 11.2 Å². The van der Waals surface area contributed by atoms with Gasteiger partial charge in [0.15, 0.2) is 0 Å². The number of anilines is 1. The molecule has 0 saturated heterocycles. The summed E-state index contributed by atoms with van der Waals surface area (Å²) in [6.45, 7) is 0. The van der Waals surface area contributed by atoms with Gasteiger partial charge in [0.25, 0.3) is 5.91 Å². The predicted molar refractivity (Wildman–Crippen MR) is 83.2 cm³/mol. The van der Waals surface area contributed by atoms with Gasteiger partial charge >= 0.3 is 5.97 Å². The van der Waals surface area contributed by atoms with Crippen LogP contribution in [0.1, 0.15) is 15.4 Å². The first-order chi connectivity index (χ1) is 10.1. The lowest BCUT2D eigenvalue weighted by Gasteiger charge is -2.03. The summed E-state index contributed by atoms with van der Waals surface area (Å²) in [6.07, 6.45) is 1.33. The highest BCUT2D eigenvalue weighted by Crippen LogP contribution is 2.30. The van der Waals surface area contributed by atoms with Gasteiger partial charge in [-0.25, -0.2) is 0 Å². The van der Waals surface area contributed by atoms with Crippen LogP contribution < -0.4 is 5.32 Å². The number of amides is 1. The maximum atomic E-state index is 12.1. The van der Waals surface area contributed by atoms with Crippen molar-refractivity contribution in [2.24, 2.45) is 0 Å². The van der Waals surface area contributed by atoms with E-state index in [1.54, 1.807) is 23.5 Å². The first kappa shape index (κ1) is 13.7. The van der Waals surface area contributed by atoms with Gasteiger partial charge in [0.1, 0.15) is 0 Å². The van der Waals surface area contributed by atoms with Crippen LogP contribution in [-0.4, -0.2) is 22.0 Å². The Balaban J connectivity index is 1.72. The van der Waals surface area contributed by atoms with Crippen molar-refractivity contribution < 1.29 is 14.7 Å². The van der Waals surface area contributed by atoms with Crippen LogP contribution in [0, 0.1) is 0 Å². The molecule has 0 radical (unpaired) electrons. The number of nitrogens with one attached hydrogen (secondary N) is 1.